The summed E-state index contributed by atoms with van der Waals surface area (Å²) >= 11 is 0. The molecule has 1 aromatic carbocycles. The summed E-state index contributed by atoms with van der Waals surface area (Å²) < 4.78 is 5.48. The molecular formula is C14H22N2O2. The highest BCUT2D eigenvalue weighted by molar-refractivity contribution is 5.92. The van der Waals surface area contributed by atoms with Crippen molar-refractivity contribution in [2.75, 3.05) is 25.5 Å². The van der Waals surface area contributed by atoms with Gasteiger partial charge in [-0.3, -0.25) is 4.79 Å². The predicted molar refractivity (Wildman–Crippen MR) is 73.9 cm³/mol. The molecule has 1 rings (SSSR count). The first-order chi connectivity index (χ1) is 8.67. The molecule has 0 bridgehead atoms. The molecule has 0 fully saturated rings. The lowest BCUT2D eigenvalue weighted by Crippen LogP contribution is -2.28. The number of carbonyl (C=O) groups excluding carboxylic acids is 1. The SMILES string of the molecule is CCCOc1ccc(NC(=O)C(C)CNC)cc1. The van der Waals surface area contributed by atoms with E-state index in [0.29, 0.717) is 13.2 Å². The summed E-state index contributed by atoms with van der Waals surface area (Å²) in [5, 5.41) is 5.86. The molecule has 0 saturated carbocycles. The molecule has 0 radical (unpaired) electrons. The maximum absolute atomic E-state index is 11.8. The van der Waals surface area contributed by atoms with Gasteiger partial charge in [-0.05, 0) is 37.7 Å². The van der Waals surface area contributed by atoms with Gasteiger partial charge in [0.1, 0.15) is 5.75 Å². The molecule has 0 aliphatic carbocycles. The summed E-state index contributed by atoms with van der Waals surface area (Å²) in [5.41, 5.74) is 0.798. The van der Waals surface area contributed by atoms with Gasteiger partial charge in [-0.15, -0.1) is 0 Å². The molecule has 1 atom stereocenters. The fraction of sp³-hybridized carbons (Fsp3) is 0.500. The van der Waals surface area contributed by atoms with E-state index in [1.165, 1.54) is 0 Å². The Hall–Kier alpha value is -1.55. The first-order valence-corrected chi connectivity index (χ1v) is 6.35. The highest BCUT2D eigenvalue weighted by atomic mass is 16.5. The van der Waals surface area contributed by atoms with Crippen molar-refractivity contribution in [2.24, 2.45) is 5.92 Å². The average molecular weight is 250 g/mol. The van der Waals surface area contributed by atoms with E-state index in [-0.39, 0.29) is 11.8 Å². The number of anilines is 1. The molecule has 0 aliphatic rings. The van der Waals surface area contributed by atoms with Crippen LogP contribution in [0.4, 0.5) is 5.69 Å². The quantitative estimate of drug-likeness (QED) is 0.780. The summed E-state index contributed by atoms with van der Waals surface area (Å²) in [5.74, 6) is 0.802. The van der Waals surface area contributed by atoms with Gasteiger partial charge in [0.15, 0.2) is 0 Å². The molecule has 4 nitrogen and oxygen atoms in total. The minimum Gasteiger partial charge on any atom is -0.494 e. The third kappa shape index (κ3) is 4.75. The van der Waals surface area contributed by atoms with Crippen LogP contribution in [0.25, 0.3) is 0 Å². The van der Waals surface area contributed by atoms with Gasteiger partial charge in [-0.1, -0.05) is 13.8 Å². The van der Waals surface area contributed by atoms with E-state index in [2.05, 4.69) is 17.6 Å². The van der Waals surface area contributed by atoms with Gasteiger partial charge >= 0.3 is 0 Å². The number of nitrogens with one attached hydrogen (secondary N) is 2. The van der Waals surface area contributed by atoms with Gasteiger partial charge in [0, 0.05) is 18.2 Å². The number of amides is 1. The molecule has 0 spiro atoms. The van der Waals surface area contributed by atoms with Gasteiger partial charge < -0.3 is 15.4 Å². The number of ether oxygens (including phenoxy) is 1. The van der Waals surface area contributed by atoms with Crippen molar-refractivity contribution in [3.63, 3.8) is 0 Å². The van der Waals surface area contributed by atoms with E-state index in [0.717, 1.165) is 17.9 Å². The second kappa shape index (κ2) is 7.71. The van der Waals surface area contributed by atoms with E-state index in [1.54, 1.807) is 0 Å². The number of hydrogen-bond acceptors (Lipinski definition) is 3. The average Bonchev–Trinajstić information content (AvgIpc) is 2.38. The van der Waals surface area contributed by atoms with Gasteiger partial charge in [0.05, 0.1) is 6.61 Å². The molecule has 2 N–H and O–H groups in total. The Kier molecular flexibility index (Phi) is 6.22. The molecule has 0 heterocycles. The van der Waals surface area contributed by atoms with Crippen LogP contribution < -0.4 is 15.4 Å². The zero-order valence-electron chi connectivity index (χ0n) is 11.3. The molecular weight excluding hydrogens is 228 g/mol. The van der Waals surface area contributed by atoms with Gasteiger partial charge in [0.2, 0.25) is 5.91 Å². The Morgan fingerprint density at radius 1 is 1.33 bits per heavy atom. The van der Waals surface area contributed by atoms with Crippen molar-refractivity contribution in [1.82, 2.24) is 5.32 Å². The van der Waals surface area contributed by atoms with Crippen LogP contribution in [0, 0.1) is 5.92 Å². The Morgan fingerprint density at radius 3 is 2.56 bits per heavy atom. The zero-order valence-corrected chi connectivity index (χ0v) is 11.3. The minimum absolute atomic E-state index is 0.0200. The highest BCUT2D eigenvalue weighted by Gasteiger charge is 2.11. The number of carbonyl (C=O) groups is 1. The summed E-state index contributed by atoms with van der Waals surface area (Å²) in [4.78, 5) is 11.8. The maximum atomic E-state index is 11.8. The summed E-state index contributed by atoms with van der Waals surface area (Å²) in [7, 11) is 1.84. The smallest absolute Gasteiger partial charge is 0.228 e. The summed E-state index contributed by atoms with van der Waals surface area (Å²) in [6.45, 7) is 5.34. The van der Waals surface area contributed by atoms with Crippen molar-refractivity contribution in [1.29, 1.82) is 0 Å². The van der Waals surface area contributed by atoms with E-state index in [4.69, 9.17) is 4.74 Å². The maximum Gasteiger partial charge on any atom is 0.228 e. The minimum atomic E-state index is -0.0500. The lowest BCUT2D eigenvalue weighted by atomic mass is 10.1. The molecule has 1 unspecified atom stereocenters. The van der Waals surface area contributed by atoms with E-state index in [1.807, 2.05) is 38.2 Å². The monoisotopic (exact) mass is 250 g/mol. The van der Waals surface area contributed by atoms with E-state index < -0.39 is 0 Å². The van der Waals surface area contributed by atoms with Crippen LogP contribution in [-0.2, 0) is 4.79 Å². The molecule has 0 saturated heterocycles. The molecule has 1 amide bonds. The van der Waals surface area contributed by atoms with Crippen LogP contribution in [0.1, 0.15) is 20.3 Å². The fourth-order valence-electron chi connectivity index (χ4n) is 1.52. The number of benzene rings is 1. The van der Waals surface area contributed by atoms with Crippen molar-refractivity contribution in [2.45, 2.75) is 20.3 Å². The second-order valence-corrected chi connectivity index (χ2v) is 4.32. The number of hydrogen-bond donors (Lipinski definition) is 2. The molecule has 18 heavy (non-hydrogen) atoms. The van der Waals surface area contributed by atoms with E-state index in [9.17, 15) is 4.79 Å². The second-order valence-electron chi connectivity index (χ2n) is 4.32. The third-order valence-corrected chi connectivity index (χ3v) is 2.55. The van der Waals surface area contributed by atoms with Crippen molar-refractivity contribution in [3.05, 3.63) is 24.3 Å². The predicted octanol–water partition coefficient (Wildman–Crippen LogP) is 2.27. The molecule has 1 aromatic rings. The Balaban J connectivity index is 2.50. The van der Waals surface area contributed by atoms with Crippen molar-refractivity contribution in [3.8, 4) is 5.75 Å². The van der Waals surface area contributed by atoms with Crippen LogP contribution in [0.15, 0.2) is 24.3 Å². The largest absolute Gasteiger partial charge is 0.494 e. The topological polar surface area (TPSA) is 50.4 Å². The normalized spacial score (nSPS) is 11.9. The van der Waals surface area contributed by atoms with Gasteiger partial charge in [0.25, 0.3) is 0 Å². The molecule has 4 heteroatoms. The molecule has 100 valence electrons. The standard InChI is InChI=1S/C14H22N2O2/c1-4-9-18-13-7-5-12(6-8-13)16-14(17)11(2)10-15-3/h5-8,11,15H,4,9-10H2,1-3H3,(H,16,17). The van der Waals surface area contributed by atoms with Gasteiger partial charge in [-0.2, -0.15) is 0 Å². The van der Waals surface area contributed by atoms with Gasteiger partial charge in [-0.25, -0.2) is 0 Å². The number of rotatable bonds is 7. The summed E-state index contributed by atoms with van der Waals surface area (Å²) in [6.07, 6.45) is 0.986. The Bertz CT molecular complexity index is 363. The lowest BCUT2D eigenvalue weighted by Gasteiger charge is -2.12. The molecule has 0 aliphatic heterocycles. The van der Waals surface area contributed by atoms with Crippen LogP contribution in [0.2, 0.25) is 0 Å². The Labute approximate surface area is 109 Å². The highest BCUT2D eigenvalue weighted by Crippen LogP contribution is 2.16. The third-order valence-electron chi connectivity index (χ3n) is 2.55. The van der Waals surface area contributed by atoms with Crippen LogP contribution in [0.5, 0.6) is 5.75 Å². The first kappa shape index (κ1) is 14.5. The van der Waals surface area contributed by atoms with Crippen molar-refractivity contribution < 1.29 is 9.53 Å². The first-order valence-electron chi connectivity index (χ1n) is 6.35. The summed E-state index contributed by atoms with van der Waals surface area (Å²) in [6, 6.07) is 7.45. The fourth-order valence-corrected chi connectivity index (χ4v) is 1.52. The lowest BCUT2D eigenvalue weighted by molar-refractivity contribution is -0.119. The van der Waals surface area contributed by atoms with Crippen molar-refractivity contribution >= 4 is 11.6 Å². The van der Waals surface area contributed by atoms with Crippen LogP contribution in [-0.4, -0.2) is 26.1 Å². The van der Waals surface area contributed by atoms with E-state index >= 15 is 0 Å². The van der Waals surface area contributed by atoms with Crippen LogP contribution in [0.3, 0.4) is 0 Å². The molecule has 0 aromatic heterocycles. The Morgan fingerprint density at radius 2 is 2.00 bits per heavy atom. The zero-order chi connectivity index (χ0) is 13.4. The van der Waals surface area contributed by atoms with Crippen LogP contribution >= 0.6 is 0 Å².